The molecule has 2 N–H and O–H groups in total. The molecule has 0 atom stereocenters. The van der Waals surface area contributed by atoms with Gasteiger partial charge in [-0.2, -0.15) is 0 Å². The highest BCUT2D eigenvalue weighted by molar-refractivity contribution is 9.10. The first-order valence-electron chi connectivity index (χ1n) is 5.35. The van der Waals surface area contributed by atoms with Crippen molar-refractivity contribution >= 4 is 39.0 Å². The molecule has 0 spiro atoms. The molecule has 0 aromatic heterocycles. The van der Waals surface area contributed by atoms with Crippen molar-refractivity contribution in [3.05, 3.63) is 51.5 Å². The highest BCUT2D eigenvalue weighted by atomic mass is 79.9. The molecule has 0 heterocycles. The first-order chi connectivity index (χ1) is 8.49. The first-order valence-corrected chi connectivity index (χ1v) is 6.52. The van der Waals surface area contributed by atoms with Crippen LogP contribution in [0, 0.1) is 0 Å². The molecule has 0 saturated heterocycles. The molecule has 2 aromatic carbocycles. The average molecular weight is 325 g/mol. The van der Waals surface area contributed by atoms with Crippen LogP contribution in [0.15, 0.2) is 40.9 Å². The fourth-order valence-corrected chi connectivity index (χ4v) is 2.51. The molecule has 18 heavy (non-hydrogen) atoms. The van der Waals surface area contributed by atoms with Crippen LogP contribution < -0.4 is 5.73 Å². The van der Waals surface area contributed by atoms with E-state index in [1.165, 1.54) is 6.92 Å². The lowest BCUT2D eigenvalue weighted by Gasteiger charge is -2.09. The largest absolute Gasteiger partial charge is 0.398 e. The van der Waals surface area contributed by atoms with Gasteiger partial charge >= 0.3 is 0 Å². The molecule has 0 saturated carbocycles. The van der Waals surface area contributed by atoms with E-state index < -0.39 is 0 Å². The number of carbonyl (C=O) groups excluding carboxylic acids is 1. The third-order valence-electron chi connectivity index (χ3n) is 2.68. The molecular formula is C14H11BrClNO. The van der Waals surface area contributed by atoms with Crippen LogP contribution in [0.3, 0.4) is 0 Å². The standard InChI is InChI=1S/C14H11BrClNO/c1-8(18)9-2-4-12(14(17)6-9)11-5-3-10(15)7-13(11)16/h2-7H,17H2,1H3. The molecule has 2 rings (SSSR count). The average Bonchev–Trinajstić information content (AvgIpc) is 2.30. The number of halogens is 2. The van der Waals surface area contributed by atoms with E-state index in [-0.39, 0.29) is 5.78 Å². The number of anilines is 1. The predicted octanol–water partition coefficient (Wildman–Crippen LogP) is 4.55. The van der Waals surface area contributed by atoms with Crippen LogP contribution in [0.5, 0.6) is 0 Å². The summed E-state index contributed by atoms with van der Waals surface area (Å²) in [6.45, 7) is 1.51. The molecular weight excluding hydrogens is 314 g/mol. The molecule has 0 aliphatic rings. The van der Waals surface area contributed by atoms with Gasteiger partial charge in [0.2, 0.25) is 0 Å². The summed E-state index contributed by atoms with van der Waals surface area (Å²) in [4.78, 5) is 11.3. The highest BCUT2D eigenvalue weighted by Crippen LogP contribution is 2.34. The Morgan fingerprint density at radius 1 is 1.17 bits per heavy atom. The molecule has 0 aliphatic carbocycles. The van der Waals surface area contributed by atoms with Crippen LogP contribution in [0.25, 0.3) is 11.1 Å². The Kier molecular flexibility index (Phi) is 3.73. The number of Topliss-reactive ketones (excluding diaryl/α,β-unsaturated/α-hetero) is 1. The number of nitrogen functional groups attached to an aromatic ring is 1. The SMILES string of the molecule is CC(=O)c1ccc(-c2ccc(Br)cc2Cl)c(N)c1. The molecule has 0 bridgehead atoms. The molecule has 0 fully saturated rings. The summed E-state index contributed by atoms with van der Waals surface area (Å²) in [7, 11) is 0. The Labute approximate surface area is 119 Å². The number of hydrogen-bond donors (Lipinski definition) is 1. The Morgan fingerprint density at radius 3 is 2.39 bits per heavy atom. The third-order valence-corrected chi connectivity index (χ3v) is 3.49. The van der Waals surface area contributed by atoms with E-state index in [0.29, 0.717) is 16.3 Å². The van der Waals surface area contributed by atoms with Gasteiger partial charge in [-0.15, -0.1) is 0 Å². The summed E-state index contributed by atoms with van der Waals surface area (Å²) in [6, 6.07) is 10.9. The molecule has 2 aromatic rings. The first kappa shape index (κ1) is 13.1. The van der Waals surface area contributed by atoms with Crippen LogP contribution in [0.4, 0.5) is 5.69 Å². The summed E-state index contributed by atoms with van der Waals surface area (Å²) in [5.74, 6) is -0.00449. The van der Waals surface area contributed by atoms with Crippen molar-refractivity contribution in [2.24, 2.45) is 0 Å². The van der Waals surface area contributed by atoms with Crippen molar-refractivity contribution in [3.8, 4) is 11.1 Å². The van der Waals surface area contributed by atoms with Crippen LogP contribution in [0.2, 0.25) is 5.02 Å². The van der Waals surface area contributed by atoms with Crippen LogP contribution in [0.1, 0.15) is 17.3 Å². The Hall–Kier alpha value is -1.32. The Balaban J connectivity index is 2.54. The monoisotopic (exact) mass is 323 g/mol. The lowest BCUT2D eigenvalue weighted by atomic mass is 10.0. The Morgan fingerprint density at radius 2 is 1.83 bits per heavy atom. The number of hydrogen-bond acceptors (Lipinski definition) is 2. The number of carbonyl (C=O) groups is 1. The van der Waals surface area contributed by atoms with E-state index in [9.17, 15) is 4.79 Å². The molecule has 0 radical (unpaired) electrons. The minimum absolute atomic E-state index is 0.00449. The van der Waals surface area contributed by atoms with E-state index in [1.54, 1.807) is 12.1 Å². The minimum atomic E-state index is -0.00449. The summed E-state index contributed by atoms with van der Waals surface area (Å²) >= 11 is 9.54. The third kappa shape index (κ3) is 2.57. The van der Waals surface area contributed by atoms with Crippen LogP contribution in [-0.2, 0) is 0 Å². The molecule has 0 aliphatic heterocycles. The van der Waals surface area contributed by atoms with E-state index in [0.717, 1.165) is 15.6 Å². The summed E-state index contributed by atoms with van der Waals surface area (Å²) in [5.41, 5.74) is 8.81. The van der Waals surface area contributed by atoms with Gasteiger partial charge in [-0.1, -0.05) is 45.7 Å². The second kappa shape index (κ2) is 5.12. The van der Waals surface area contributed by atoms with Crippen molar-refractivity contribution in [2.75, 3.05) is 5.73 Å². The topological polar surface area (TPSA) is 43.1 Å². The summed E-state index contributed by atoms with van der Waals surface area (Å²) in [5, 5.41) is 0.617. The number of nitrogens with two attached hydrogens (primary N) is 1. The molecule has 92 valence electrons. The van der Waals surface area contributed by atoms with E-state index in [2.05, 4.69) is 15.9 Å². The summed E-state index contributed by atoms with van der Waals surface area (Å²) in [6.07, 6.45) is 0. The maximum absolute atomic E-state index is 11.3. The Bertz CT molecular complexity index is 625. The van der Waals surface area contributed by atoms with Crippen molar-refractivity contribution in [3.63, 3.8) is 0 Å². The molecule has 0 amide bonds. The summed E-state index contributed by atoms with van der Waals surface area (Å²) < 4.78 is 0.912. The van der Waals surface area contributed by atoms with Crippen molar-refractivity contribution in [1.82, 2.24) is 0 Å². The predicted molar refractivity (Wildman–Crippen MR) is 79.0 cm³/mol. The molecule has 2 nitrogen and oxygen atoms in total. The van der Waals surface area contributed by atoms with Crippen molar-refractivity contribution in [2.45, 2.75) is 6.92 Å². The van der Waals surface area contributed by atoms with Gasteiger partial charge in [-0.3, -0.25) is 4.79 Å². The van der Waals surface area contributed by atoms with Gasteiger partial charge in [-0.25, -0.2) is 0 Å². The normalized spacial score (nSPS) is 10.4. The quantitative estimate of drug-likeness (QED) is 0.650. The maximum atomic E-state index is 11.3. The molecule has 4 heteroatoms. The van der Waals surface area contributed by atoms with E-state index in [1.807, 2.05) is 24.3 Å². The van der Waals surface area contributed by atoms with Gasteiger partial charge < -0.3 is 5.73 Å². The number of ketones is 1. The second-order valence-corrected chi connectivity index (χ2v) is 5.31. The lowest BCUT2D eigenvalue weighted by molar-refractivity contribution is 0.101. The van der Waals surface area contributed by atoms with Gasteiger partial charge in [0.05, 0.1) is 0 Å². The van der Waals surface area contributed by atoms with Gasteiger partial charge in [-0.05, 0) is 25.1 Å². The van der Waals surface area contributed by atoms with Crippen LogP contribution >= 0.6 is 27.5 Å². The van der Waals surface area contributed by atoms with E-state index >= 15 is 0 Å². The fourth-order valence-electron chi connectivity index (χ4n) is 1.73. The zero-order valence-electron chi connectivity index (χ0n) is 9.71. The molecule has 0 unspecified atom stereocenters. The van der Waals surface area contributed by atoms with Gasteiger partial charge in [0.15, 0.2) is 5.78 Å². The second-order valence-electron chi connectivity index (χ2n) is 3.98. The van der Waals surface area contributed by atoms with Crippen molar-refractivity contribution < 1.29 is 4.79 Å². The van der Waals surface area contributed by atoms with Crippen molar-refractivity contribution in [1.29, 1.82) is 0 Å². The van der Waals surface area contributed by atoms with Crippen LogP contribution in [-0.4, -0.2) is 5.78 Å². The number of benzene rings is 2. The van der Waals surface area contributed by atoms with Gasteiger partial charge in [0, 0.05) is 31.9 Å². The minimum Gasteiger partial charge on any atom is -0.398 e. The maximum Gasteiger partial charge on any atom is 0.159 e. The van der Waals surface area contributed by atoms with Gasteiger partial charge in [0.1, 0.15) is 0 Å². The van der Waals surface area contributed by atoms with E-state index in [4.69, 9.17) is 17.3 Å². The number of rotatable bonds is 2. The smallest absolute Gasteiger partial charge is 0.159 e. The van der Waals surface area contributed by atoms with Gasteiger partial charge in [0.25, 0.3) is 0 Å². The lowest BCUT2D eigenvalue weighted by Crippen LogP contribution is -1.97. The fraction of sp³-hybridized carbons (Fsp3) is 0.0714. The highest BCUT2D eigenvalue weighted by Gasteiger charge is 2.09. The zero-order valence-corrected chi connectivity index (χ0v) is 12.0. The zero-order chi connectivity index (χ0) is 13.3.